The maximum absolute atomic E-state index is 4.83. The second-order valence-corrected chi connectivity index (χ2v) is 3.17. The van der Waals surface area contributed by atoms with E-state index in [4.69, 9.17) is 4.52 Å². The van der Waals surface area contributed by atoms with Crippen molar-refractivity contribution in [2.75, 3.05) is 0 Å². The highest BCUT2D eigenvalue weighted by molar-refractivity contribution is 4.85. The van der Waals surface area contributed by atoms with E-state index in [1.54, 1.807) is 17.9 Å². The molecule has 7 heteroatoms. The van der Waals surface area contributed by atoms with Crippen molar-refractivity contribution in [3.63, 3.8) is 0 Å². The molecule has 0 amide bonds. The van der Waals surface area contributed by atoms with Crippen LogP contribution in [-0.2, 0) is 20.1 Å². The lowest BCUT2D eigenvalue weighted by molar-refractivity contribution is 0.385. The van der Waals surface area contributed by atoms with Gasteiger partial charge in [-0.05, 0) is 0 Å². The monoisotopic (exact) mass is 208 g/mol. The lowest BCUT2D eigenvalue weighted by Crippen LogP contribution is -2.15. The lowest BCUT2D eigenvalue weighted by atomic mass is 10.5. The van der Waals surface area contributed by atoms with Gasteiger partial charge in [0.1, 0.15) is 6.33 Å². The van der Waals surface area contributed by atoms with Crippen LogP contribution in [0.3, 0.4) is 0 Å². The molecule has 0 radical (unpaired) electrons. The van der Waals surface area contributed by atoms with Crippen molar-refractivity contribution in [2.24, 2.45) is 7.05 Å². The van der Waals surface area contributed by atoms with Gasteiger partial charge in [0.05, 0.1) is 13.1 Å². The van der Waals surface area contributed by atoms with Crippen LogP contribution < -0.4 is 5.32 Å². The van der Waals surface area contributed by atoms with Crippen molar-refractivity contribution in [3.8, 4) is 0 Å². The minimum absolute atomic E-state index is 0.551. The van der Waals surface area contributed by atoms with E-state index in [9.17, 15) is 0 Å². The molecule has 2 aromatic rings. The van der Waals surface area contributed by atoms with Crippen molar-refractivity contribution in [2.45, 2.75) is 20.0 Å². The smallest absolute Gasteiger partial charge is 0.223 e. The number of hydrogen-bond donors (Lipinski definition) is 1. The minimum Gasteiger partial charge on any atom is -0.340 e. The molecular weight excluding hydrogens is 196 g/mol. The molecule has 80 valence electrons. The van der Waals surface area contributed by atoms with E-state index in [2.05, 4.69) is 25.5 Å². The summed E-state index contributed by atoms with van der Waals surface area (Å²) in [6.45, 7) is 2.90. The Morgan fingerprint density at radius 3 is 2.80 bits per heavy atom. The van der Waals surface area contributed by atoms with Gasteiger partial charge in [-0.2, -0.15) is 10.1 Å². The maximum atomic E-state index is 4.83. The average molecular weight is 208 g/mol. The molecule has 15 heavy (non-hydrogen) atoms. The number of aryl methyl sites for hydroxylation is 2. The molecule has 0 saturated carbocycles. The standard InChI is InChI=1S/C8H12N6O/c1-6-11-8(13-15-6)4-9-3-7-10-5-14(2)12-7/h5,9H,3-4H2,1-2H3. The number of rotatable bonds is 4. The highest BCUT2D eigenvalue weighted by Crippen LogP contribution is 1.94. The topological polar surface area (TPSA) is 81.7 Å². The summed E-state index contributed by atoms with van der Waals surface area (Å²) >= 11 is 0. The highest BCUT2D eigenvalue weighted by Gasteiger charge is 2.02. The molecule has 7 nitrogen and oxygen atoms in total. The van der Waals surface area contributed by atoms with Crippen LogP contribution in [0.15, 0.2) is 10.9 Å². The molecule has 1 N–H and O–H groups in total. The summed E-state index contributed by atoms with van der Waals surface area (Å²) in [4.78, 5) is 8.14. The fourth-order valence-electron chi connectivity index (χ4n) is 1.16. The minimum atomic E-state index is 0.551. The molecule has 2 heterocycles. The number of nitrogens with one attached hydrogen (secondary N) is 1. The Morgan fingerprint density at radius 1 is 1.40 bits per heavy atom. The van der Waals surface area contributed by atoms with E-state index in [1.807, 2.05) is 7.05 Å². The summed E-state index contributed by atoms with van der Waals surface area (Å²) in [5, 5.41) is 11.0. The summed E-state index contributed by atoms with van der Waals surface area (Å²) in [5.74, 6) is 1.96. The molecular formula is C8H12N6O. The van der Waals surface area contributed by atoms with Gasteiger partial charge in [0.2, 0.25) is 5.89 Å². The van der Waals surface area contributed by atoms with E-state index in [0.717, 1.165) is 5.82 Å². The van der Waals surface area contributed by atoms with Crippen molar-refractivity contribution in [3.05, 3.63) is 23.9 Å². The van der Waals surface area contributed by atoms with Crippen LogP contribution in [0.5, 0.6) is 0 Å². The van der Waals surface area contributed by atoms with Crippen molar-refractivity contribution in [1.29, 1.82) is 0 Å². The summed E-state index contributed by atoms with van der Waals surface area (Å²) in [7, 11) is 1.83. The zero-order valence-electron chi connectivity index (χ0n) is 8.64. The summed E-state index contributed by atoms with van der Waals surface area (Å²) < 4.78 is 6.50. The zero-order valence-corrected chi connectivity index (χ0v) is 8.64. The third-order valence-electron chi connectivity index (χ3n) is 1.78. The molecule has 0 aliphatic heterocycles. The molecule has 0 saturated heterocycles. The van der Waals surface area contributed by atoms with E-state index in [1.165, 1.54) is 0 Å². The fraction of sp³-hybridized carbons (Fsp3) is 0.500. The molecule has 0 spiro atoms. The first kappa shape index (κ1) is 9.78. The van der Waals surface area contributed by atoms with E-state index in [0.29, 0.717) is 24.8 Å². The number of hydrogen-bond acceptors (Lipinski definition) is 6. The second-order valence-electron chi connectivity index (χ2n) is 3.17. The largest absolute Gasteiger partial charge is 0.340 e. The lowest BCUT2D eigenvalue weighted by Gasteiger charge is -1.96. The van der Waals surface area contributed by atoms with Crippen LogP contribution in [0, 0.1) is 6.92 Å². The van der Waals surface area contributed by atoms with Crippen LogP contribution in [0.1, 0.15) is 17.5 Å². The van der Waals surface area contributed by atoms with Crippen LogP contribution in [0.4, 0.5) is 0 Å². The number of nitrogens with zero attached hydrogens (tertiary/aromatic N) is 5. The molecule has 0 aliphatic carbocycles. The molecule has 2 aromatic heterocycles. The Bertz CT molecular complexity index is 394. The Labute approximate surface area is 86.5 Å². The third-order valence-corrected chi connectivity index (χ3v) is 1.78. The Hall–Kier alpha value is -1.76. The predicted octanol–water partition coefficient (Wildman–Crippen LogP) is -0.204. The van der Waals surface area contributed by atoms with Gasteiger partial charge in [-0.1, -0.05) is 5.16 Å². The quantitative estimate of drug-likeness (QED) is 0.749. The molecule has 0 atom stereocenters. The van der Waals surface area contributed by atoms with Gasteiger partial charge >= 0.3 is 0 Å². The van der Waals surface area contributed by atoms with E-state index in [-0.39, 0.29) is 0 Å². The predicted molar refractivity (Wildman–Crippen MR) is 50.6 cm³/mol. The maximum Gasteiger partial charge on any atom is 0.223 e. The first-order valence-electron chi connectivity index (χ1n) is 4.58. The summed E-state index contributed by atoms with van der Waals surface area (Å²) in [6.07, 6.45) is 1.66. The molecule has 0 aliphatic rings. The van der Waals surface area contributed by atoms with E-state index >= 15 is 0 Å². The van der Waals surface area contributed by atoms with Gasteiger partial charge in [-0.3, -0.25) is 4.68 Å². The van der Waals surface area contributed by atoms with Crippen LogP contribution >= 0.6 is 0 Å². The van der Waals surface area contributed by atoms with Gasteiger partial charge in [0.25, 0.3) is 0 Å². The fourth-order valence-corrected chi connectivity index (χ4v) is 1.16. The van der Waals surface area contributed by atoms with Crippen LogP contribution in [0.2, 0.25) is 0 Å². The second kappa shape index (κ2) is 4.18. The molecule has 2 rings (SSSR count). The van der Waals surface area contributed by atoms with Crippen LogP contribution in [0.25, 0.3) is 0 Å². The van der Waals surface area contributed by atoms with Crippen molar-refractivity contribution < 1.29 is 4.52 Å². The Balaban J connectivity index is 1.80. The van der Waals surface area contributed by atoms with Gasteiger partial charge in [0.15, 0.2) is 11.6 Å². The average Bonchev–Trinajstić information content (AvgIpc) is 2.76. The van der Waals surface area contributed by atoms with Crippen LogP contribution in [-0.4, -0.2) is 24.9 Å². The first-order chi connectivity index (χ1) is 7.24. The highest BCUT2D eigenvalue weighted by atomic mass is 16.5. The first-order valence-corrected chi connectivity index (χ1v) is 4.58. The molecule has 0 bridgehead atoms. The number of aromatic nitrogens is 5. The van der Waals surface area contributed by atoms with Crippen molar-refractivity contribution in [1.82, 2.24) is 30.2 Å². The van der Waals surface area contributed by atoms with Gasteiger partial charge in [-0.15, -0.1) is 0 Å². The Morgan fingerprint density at radius 2 is 2.20 bits per heavy atom. The normalized spacial score (nSPS) is 10.8. The Kier molecular flexibility index (Phi) is 2.72. The van der Waals surface area contributed by atoms with Gasteiger partial charge < -0.3 is 9.84 Å². The zero-order chi connectivity index (χ0) is 10.7. The van der Waals surface area contributed by atoms with E-state index < -0.39 is 0 Å². The molecule has 0 aromatic carbocycles. The summed E-state index contributed by atoms with van der Waals surface area (Å²) in [6, 6.07) is 0. The molecule has 0 unspecified atom stereocenters. The van der Waals surface area contributed by atoms with Gasteiger partial charge in [-0.25, -0.2) is 4.98 Å². The molecule has 0 fully saturated rings. The van der Waals surface area contributed by atoms with Crippen molar-refractivity contribution >= 4 is 0 Å². The SMILES string of the molecule is Cc1nc(CNCc2ncn(C)n2)no1. The van der Waals surface area contributed by atoms with Gasteiger partial charge in [0, 0.05) is 14.0 Å². The summed E-state index contributed by atoms with van der Waals surface area (Å²) in [5.41, 5.74) is 0. The third kappa shape index (κ3) is 2.59.